The molecule has 0 aliphatic rings. The highest BCUT2D eigenvalue weighted by Gasteiger charge is 2.15. The summed E-state index contributed by atoms with van der Waals surface area (Å²) < 4.78 is 0. The summed E-state index contributed by atoms with van der Waals surface area (Å²) in [5.74, 6) is 0.471. The molecule has 4 heteroatoms. The van der Waals surface area contributed by atoms with E-state index >= 15 is 0 Å². The molecule has 1 aromatic heterocycles. The van der Waals surface area contributed by atoms with E-state index in [-0.39, 0.29) is 12.1 Å². The van der Waals surface area contributed by atoms with Crippen molar-refractivity contribution in [2.45, 2.75) is 25.4 Å². The molecule has 1 aromatic rings. The second kappa shape index (κ2) is 4.20. The topological polar surface area (TPSA) is 91.0 Å². The molecule has 13 heavy (non-hydrogen) atoms. The minimum absolute atomic E-state index is 0.0634. The maximum atomic E-state index is 5.90. The van der Waals surface area contributed by atoms with Crippen molar-refractivity contribution in [1.29, 1.82) is 0 Å². The number of rotatable bonds is 3. The monoisotopic (exact) mass is 180 g/mol. The van der Waals surface area contributed by atoms with Gasteiger partial charge in [-0.2, -0.15) is 0 Å². The largest absolute Gasteiger partial charge is 0.383 e. The first-order valence-electron chi connectivity index (χ1n) is 4.38. The van der Waals surface area contributed by atoms with Crippen LogP contribution in [-0.4, -0.2) is 11.0 Å². The normalized spacial score (nSPS) is 15.3. The van der Waals surface area contributed by atoms with Crippen LogP contribution in [0.15, 0.2) is 18.3 Å². The molecule has 6 N–H and O–H groups in total. The van der Waals surface area contributed by atoms with Gasteiger partial charge in [0.1, 0.15) is 5.82 Å². The minimum atomic E-state index is -0.223. The average molecular weight is 180 g/mol. The van der Waals surface area contributed by atoms with Crippen LogP contribution >= 0.6 is 0 Å². The standard InChI is InChI=1S/C9H16N4/c1-2-7(10)8(11)6-4-3-5-13-9(6)12/h3-5,7-8H,2,10-11H2,1H3,(H2,12,13)/t7-,8-/m0/s1. The Labute approximate surface area is 78.1 Å². The molecule has 0 fully saturated rings. The first-order valence-corrected chi connectivity index (χ1v) is 4.38. The maximum Gasteiger partial charge on any atom is 0.128 e. The zero-order valence-corrected chi connectivity index (χ0v) is 7.77. The summed E-state index contributed by atoms with van der Waals surface area (Å²) in [6.45, 7) is 2.00. The van der Waals surface area contributed by atoms with Crippen molar-refractivity contribution in [2.24, 2.45) is 11.5 Å². The molecule has 4 nitrogen and oxygen atoms in total. The lowest BCUT2D eigenvalue weighted by Gasteiger charge is -2.19. The highest BCUT2D eigenvalue weighted by Crippen LogP contribution is 2.18. The highest BCUT2D eigenvalue weighted by molar-refractivity contribution is 5.41. The van der Waals surface area contributed by atoms with E-state index in [1.54, 1.807) is 6.20 Å². The van der Waals surface area contributed by atoms with Crippen LogP contribution in [0.5, 0.6) is 0 Å². The third kappa shape index (κ3) is 2.17. The van der Waals surface area contributed by atoms with Crippen LogP contribution < -0.4 is 17.2 Å². The van der Waals surface area contributed by atoms with E-state index in [1.165, 1.54) is 0 Å². The smallest absolute Gasteiger partial charge is 0.128 e. The van der Waals surface area contributed by atoms with Crippen LogP contribution in [0, 0.1) is 0 Å². The summed E-state index contributed by atoms with van der Waals surface area (Å²) in [5.41, 5.74) is 18.2. The second-order valence-electron chi connectivity index (χ2n) is 3.08. The van der Waals surface area contributed by atoms with Crippen molar-refractivity contribution in [3.05, 3.63) is 23.9 Å². The van der Waals surface area contributed by atoms with Crippen LogP contribution in [0.1, 0.15) is 24.9 Å². The molecular formula is C9H16N4. The molecule has 0 spiro atoms. The lowest BCUT2D eigenvalue weighted by atomic mass is 10.00. The first-order chi connectivity index (χ1) is 6.16. The van der Waals surface area contributed by atoms with Crippen LogP contribution in [0.25, 0.3) is 0 Å². The second-order valence-corrected chi connectivity index (χ2v) is 3.08. The Morgan fingerprint density at radius 1 is 1.46 bits per heavy atom. The first kappa shape index (κ1) is 9.95. The van der Waals surface area contributed by atoms with E-state index in [9.17, 15) is 0 Å². The van der Waals surface area contributed by atoms with Gasteiger partial charge in [0.05, 0.1) is 0 Å². The van der Waals surface area contributed by atoms with E-state index in [0.29, 0.717) is 5.82 Å². The van der Waals surface area contributed by atoms with E-state index < -0.39 is 0 Å². The number of hydrogen-bond donors (Lipinski definition) is 3. The predicted molar refractivity (Wildman–Crippen MR) is 53.8 cm³/mol. The van der Waals surface area contributed by atoms with Gasteiger partial charge >= 0.3 is 0 Å². The third-order valence-corrected chi connectivity index (χ3v) is 2.16. The molecule has 0 saturated carbocycles. The summed E-state index contributed by atoms with van der Waals surface area (Å²) in [6.07, 6.45) is 2.47. The van der Waals surface area contributed by atoms with Crippen molar-refractivity contribution >= 4 is 5.82 Å². The molecule has 0 bridgehead atoms. The SMILES string of the molecule is CC[C@H](N)[C@@H](N)c1cccnc1N. The van der Waals surface area contributed by atoms with Crippen LogP contribution in [-0.2, 0) is 0 Å². The molecule has 0 aromatic carbocycles. The number of nitrogen functional groups attached to an aromatic ring is 1. The summed E-state index contributed by atoms with van der Waals surface area (Å²) in [7, 11) is 0. The molecule has 0 aliphatic heterocycles. The van der Waals surface area contributed by atoms with Crippen LogP contribution in [0.3, 0.4) is 0 Å². The Hall–Kier alpha value is -1.13. The zero-order valence-electron chi connectivity index (χ0n) is 7.77. The predicted octanol–water partition coefficient (Wildman–Crippen LogP) is 0.401. The highest BCUT2D eigenvalue weighted by atomic mass is 14.9. The molecule has 72 valence electrons. The van der Waals surface area contributed by atoms with Gasteiger partial charge in [-0.15, -0.1) is 0 Å². The summed E-state index contributed by atoms with van der Waals surface area (Å²) in [6, 6.07) is 3.39. The van der Waals surface area contributed by atoms with Gasteiger partial charge in [0.15, 0.2) is 0 Å². The lowest BCUT2D eigenvalue weighted by Crippen LogP contribution is -2.34. The number of hydrogen-bond acceptors (Lipinski definition) is 4. The Morgan fingerprint density at radius 3 is 2.69 bits per heavy atom. The zero-order chi connectivity index (χ0) is 9.84. The number of nitrogens with two attached hydrogens (primary N) is 3. The van der Waals surface area contributed by atoms with Crippen LogP contribution in [0.2, 0.25) is 0 Å². The van der Waals surface area contributed by atoms with Crippen molar-refractivity contribution < 1.29 is 0 Å². The van der Waals surface area contributed by atoms with Gasteiger partial charge in [-0.1, -0.05) is 13.0 Å². The molecule has 0 saturated heterocycles. The minimum Gasteiger partial charge on any atom is -0.383 e. The van der Waals surface area contributed by atoms with E-state index in [2.05, 4.69) is 4.98 Å². The Balaban J connectivity index is 2.88. The molecule has 2 atom stereocenters. The number of pyridine rings is 1. The third-order valence-electron chi connectivity index (χ3n) is 2.16. The van der Waals surface area contributed by atoms with E-state index in [0.717, 1.165) is 12.0 Å². The lowest BCUT2D eigenvalue weighted by molar-refractivity contribution is 0.533. The fourth-order valence-corrected chi connectivity index (χ4v) is 1.20. The van der Waals surface area contributed by atoms with Crippen LogP contribution in [0.4, 0.5) is 5.82 Å². The summed E-state index contributed by atoms with van der Waals surface area (Å²) in [5, 5.41) is 0. The van der Waals surface area contributed by atoms with Gasteiger partial charge in [-0.3, -0.25) is 0 Å². The molecule has 0 unspecified atom stereocenters. The van der Waals surface area contributed by atoms with E-state index in [1.807, 2.05) is 19.1 Å². The Kier molecular flexibility index (Phi) is 3.22. The molecule has 0 aliphatic carbocycles. The van der Waals surface area contributed by atoms with Crippen molar-refractivity contribution in [3.8, 4) is 0 Å². The van der Waals surface area contributed by atoms with Gasteiger partial charge in [-0.05, 0) is 12.5 Å². The fourth-order valence-electron chi connectivity index (χ4n) is 1.20. The van der Waals surface area contributed by atoms with Gasteiger partial charge in [0.25, 0.3) is 0 Å². The van der Waals surface area contributed by atoms with E-state index in [4.69, 9.17) is 17.2 Å². The molecule has 1 heterocycles. The number of aromatic nitrogens is 1. The van der Waals surface area contributed by atoms with Crippen molar-refractivity contribution in [1.82, 2.24) is 4.98 Å². The molecule has 0 radical (unpaired) electrons. The summed E-state index contributed by atoms with van der Waals surface area (Å²) >= 11 is 0. The quantitative estimate of drug-likeness (QED) is 0.628. The average Bonchev–Trinajstić information content (AvgIpc) is 2.16. The maximum absolute atomic E-state index is 5.90. The molecule has 1 rings (SSSR count). The number of anilines is 1. The van der Waals surface area contributed by atoms with Gasteiger partial charge in [0, 0.05) is 23.8 Å². The fraction of sp³-hybridized carbons (Fsp3) is 0.444. The van der Waals surface area contributed by atoms with Gasteiger partial charge in [0.2, 0.25) is 0 Å². The summed E-state index contributed by atoms with van der Waals surface area (Å²) in [4.78, 5) is 3.96. The van der Waals surface area contributed by atoms with Crippen molar-refractivity contribution in [3.63, 3.8) is 0 Å². The Bertz CT molecular complexity index is 274. The molecule has 0 amide bonds. The van der Waals surface area contributed by atoms with Crippen molar-refractivity contribution in [2.75, 3.05) is 5.73 Å². The van der Waals surface area contributed by atoms with Gasteiger partial charge < -0.3 is 17.2 Å². The molecular weight excluding hydrogens is 164 g/mol. The Morgan fingerprint density at radius 2 is 2.15 bits per heavy atom. The van der Waals surface area contributed by atoms with Gasteiger partial charge in [-0.25, -0.2) is 4.98 Å². The number of nitrogens with zero attached hydrogens (tertiary/aromatic N) is 1.